The molecule has 1 saturated heterocycles. The number of urea groups is 1. The fraction of sp³-hybridized carbons (Fsp3) is 0.300. The van der Waals surface area contributed by atoms with Crippen LogP contribution in [0, 0.1) is 5.82 Å². The van der Waals surface area contributed by atoms with Crippen LogP contribution in [0.25, 0.3) is 0 Å². The van der Waals surface area contributed by atoms with E-state index in [4.69, 9.17) is 5.73 Å². The summed E-state index contributed by atoms with van der Waals surface area (Å²) in [6, 6.07) is 14.3. The smallest absolute Gasteiger partial charge is 0.312 e. The summed E-state index contributed by atoms with van der Waals surface area (Å²) in [4.78, 5) is 26.2. The molecule has 142 valence electrons. The van der Waals surface area contributed by atoms with Gasteiger partial charge in [-0.05, 0) is 42.7 Å². The molecule has 1 heterocycles. The average Bonchev–Trinajstić information content (AvgIpc) is 2.66. The number of nitrogens with one attached hydrogen (secondary N) is 2. The van der Waals surface area contributed by atoms with Crippen LogP contribution in [-0.4, -0.2) is 36.0 Å². The normalized spacial score (nSPS) is 16.5. The first-order valence-electron chi connectivity index (χ1n) is 8.94. The molecule has 7 heteroatoms. The number of nitrogens with zero attached hydrogens (tertiary/aromatic N) is 1. The number of anilines is 1. The molecule has 1 atom stereocenters. The van der Waals surface area contributed by atoms with Crippen molar-refractivity contribution in [2.75, 3.05) is 18.4 Å². The van der Waals surface area contributed by atoms with E-state index in [9.17, 15) is 14.0 Å². The first-order valence-corrected chi connectivity index (χ1v) is 8.94. The van der Waals surface area contributed by atoms with Gasteiger partial charge in [0.1, 0.15) is 11.9 Å². The molecule has 0 bridgehead atoms. The molecule has 2 aromatic rings. The van der Waals surface area contributed by atoms with E-state index in [1.165, 1.54) is 24.3 Å². The van der Waals surface area contributed by atoms with E-state index in [-0.39, 0.29) is 17.8 Å². The van der Waals surface area contributed by atoms with Crippen molar-refractivity contribution >= 4 is 17.6 Å². The van der Waals surface area contributed by atoms with Gasteiger partial charge in [0, 0.05) is 24.8 Å². The van der Waals surface area contributed by atoms with Crippen LogP contribution in [0.4, 0.5) is 14.9 Å². The molecule has 2 aromatic carbocycles. The Labute approximate surface area is 157 Å². The number of hydrogen-bond donors (Lipinski definition) is 3. The lowest BCUT2D eigenvalue weighted by atomic mass is 9.98. The maximum absolute atomic E-state index is 13.1. The molecule has 3 rings (SSSR count). The first-order chi connectivity index (χ1) is 13.0. The van der Waals surface area contributed by atoms with Gasteiger partial charge in [0.15, 0.2) is 0 Å². The summed E-state index contributed by atoms with van der Waals surface area (Å²) >= 11 is 0. The van der Waals surface area contributed by atoms with Crippen LogP contribution < -0.4 is 16.4 Å². The highest BCUT2D eigenvalue weighted by Gasteiger charge is 2.31. The summed E-state index contributed by atoms with van der Waals surface area (Å²) in [7, 11) is 0. The summed E-state index contributed by atoms with van der Waals surface area (Å²) in [5.74, 6) is -0.522. The number of primary amides is 1. The highest BCUT2D eigenvalue weighted by molar-refractivity contribution is 5.95. The molecule has 0 radical (unpaired) electrons. The summed E-state index contributed by atoms with van der Waals surface area (Å²) in [6.45, 7) is 1.31. The van der Waals surface area contributed by atoms with Crippen molar-refractivity contribution in [3.8, 4) is 0 Å². The molecule has 0 spiro atoms. The van der Waals surface area contributed by atoms with Crippen molar-refractivity contribution in [2.24, 2.45) is 5.73 Å². The molecule has 1 fully saturated rings. The van der Waals surface area contributed by atoms with Gasteiger partial charge in [-0.1, -0.05) is 30.3 Å². The van der Waals surface area contributed by atoms with E-state index in [0.717, 1.165) is 18.4 Å². The Bertz CT molecular complexity index is 774. The summed E-state index contributed by atoms with van der Waals surface area (Å²) < 4.78 is 13.1. The Kier molecular flexibility index (Phi) is 6.03. The number of rotatable bonds is 5. The number of nitrogens with two attached hydrogens (primary N) is 1. The second-order valence-corrected chi connectivity index (χ2v) is 6.63. The van der Waals surface area contributed by atoms with Gasteiger partial charge in [-0.2, -0.15) is 0 Å². The second-order valence-electron chi connectivity index (χ2n) is 6.63. The number of hydrogen-bond acceptors (Lipinski definition) is 3. The lowest BCUT2D eigenvalue weighted by Crippen LogP contribution is -2.49. The van der Waals surface area contributed by atoms with E-state index in [1.807, 2.05) is 30.3 Å². The highest BCUT2D eigenvalue weighted by Crippen LogP contribution is 2.26. The van der Waals surface area contributed by atoms with Crippen molar-refractivity contribution in [3.63, 3.8) is 0 Å². The molecule has 0 saturated carbocycles. The topological polar surface area (TPSA) is 87.5 Å². The Balaban J connectivity index is 1.75. The lowest BCUT2D eigenvalue weighted by molar-refractivity contribution is -0.122. The zero-order valence-electron chi connectivity index (χ0n) is 14.9. The highest BCUT2D eigenvalue weighted by atomic mass is 19.1. The van der Waals surface area contributed by atoms with Gasteiger partial charge in [-0.3, -0.25) is 9.69 Å². The molecular weight excluding hydrogens is 347 g/mol. The number of halogens is 1. The standard InChI is InChI=1S/C20H23FN4O2/c21-15-6-8-16(9-7-15)23-19(26)18(14-4-2-1-3-5-14)25-12-10-17(11-13-25)24-20(22)27/h1-9,17-18H,10-13H2,(H,23,26)(H3,22,24,27). The molecule has 0 aromatic heterocycles. The minimum atomic E-state index is -0.526. The van der Waals surface area contributed by atoms with Crippen LogP contribution in [0.1, 0.15) is 24.4 Å². The van der Waals surface area contributed by atoms with Crippen molar-refractivity contribution in [2.45, 2.75) is 24.9 Å². The Morgan fingerprint density at radius 3 is 2.26 bits per heavy atom. The van der Waals surface area contributed by atoms with E-state index in [0.29, 0.717) is 18.8 Å². The number of carbonyl (C=O) groups is 2. The number of piperidine rings is 1. The minimum absolute atomic E-state index is 0.0235. The summed E-state index contributed by atoms with van der Waals surface area (Å²) in [5, 5.41) is 5.60. The molecule has 1 aliphatic heterocycles. The van der Waals surface area contributed by atoms with Crippen LogP contribution in [-0.2, 0) is 4.79 Å². The predicted octanol–water partition coefficient (Wildman–Crippen LogP) is 2.64. The maximum Gasteiger partial charge on any atom is 0.312 e. The summed E-state index contributed by atoms with van der Waals surface area (Å²) in [6.07, 6.45) is 1.44. The Morgan fingerprint density at radius 2 is 1.67 bits per heavy atom. The third kappa shape index (κ3) is 5.04. The van der Waals surface area contributed by atoms with Crippen molar-refractivity contribution in [1.82, 2.24) is 10.2 Å². The average molecular weight is 370 g/mol. The fourth-order valence-electron chi connectivity index (χ4n) is 3.41. The molecule has 3 amide bonds. The molecular formula is C20H23FN4O2. The zero-order valence-corrected chi connectivity index (χ0v) is 14.9. The molecule has 4 N–H and O–H groups in total. The van der Waals surface area contributed by atoms with Gasteiger partial charge in [0.2, 0.25) is 5.91 Å². The second kappa shape index (κ2) is 8.64. The van der Waals surface area contributed by atoms with Gasteiger partial charge in [-0.15, -0.1) is 0 Å². The van der Waals surface area contributed by atoms with E-state index >= 15 is 0 Å². The SMILES string of the molecule is NC(=O)NC1CCN(C(C(=O)Nc2ccc(F)cc2)c2ccccc2)CC1. The number of likely N-dealkylation sites (tertiary alicyclic amines) is 1. The van der Waals surface area contributed by atoms with Crippen molar-refractivity contribution < 1.29 is 14.0 Å². The number of benzene rings is 2. The van der Waals surface area contributed by atoms with E-state index in [1.54, 1.807) is 0 Å². The van der Waals surface area contributed by atoms with E-state index < -0.39 is 12.1 Å². The van der Waals surface area contributed by atoms with Gasteiger partial charge in [0.05, 0.1) is 0 Å². The number of amides is 3. The van der Waals surface area contributed by atoms with Crippen LogP contribution in [0.2, 0.25) is 0 Å². The third-order valence-electron chi connectivity index (χ3n) is 4.72. The van der Waals surface area contributed by atoms with Crippen molar-refractivity contribution in [3.05, 3.63) is 66.0 Å². The van der Waals surface area contributed by atoms with Crippen LogP contribution in [0.5, 0.6) is 0 Å². The lowest BCUT2D eigenvalue weighted by Gasteiger charge is -2.37. The molecule has 6 nitrogen and oxygen atoms in total. The van der Waals surface area contributed by atoms with Crippen molar-refractivity contribution in [1.29, 1.82) is 0 Å². The first kappa shape index (κ1) is 18.8. The van der Waals surface area contributed by atoms with Crippen LogP contribution >= 0.6 is 0 Å². The Hall–Kier alpha value is -2.93. The van der Waals surface area contributed by atoms with Gasteiger partial charge in [-0.25, -0.2) is 9.18 Å². The largest absolute Gasteiger partial charge is 0.352 e. The summed E-state index contributed by atoms with van der Waals surface area (Å²) in [5.41, 5.74) is 6.64. The molecule has 1 aliphatic rings. The molecule has 1 unspecified atom stereocenters. The Morgan fingerprint density at radius 1 is 1.04 bits per heavy atom. The zero-order chi connectivity index (χ0) is 19.2. The van der Waals surface area contributed by atoms with E-state index in [2.05, 4.69) is 15.5 Å². The van der Waals surface area contributed by atoms with Gasteiger partial charge in [0.25, 0.3) is 0 Å². The predicted molar refractivity (Wildman–Crippen MR) is 102 cm³/mol. The van der Waals surface area contributed by atoms with Gasteiger partial charge < -0.3 is 16.4 Å². The molecule has 0 aliphatic carbocycles. The van der Waals surface area contributed by atoms with Crippen LogP contribution in [0.3, 0.4) is 0 Å². The molecule has 27 heavy (non-hydrogen) atoms. The monoisotopic (exact) mass is 370 g/mol. The fourth-order valence-corrected chi connectivity index (χ4v) is 3.41. The minimum Gasteiger partial charge on any atom is -0.352 e. The quantitative estimate of drug-likeness (QED) is 0.756. The van der Waals surface area contributed by atoms with Gasteiger partial charge >= 0.3 is 6.03 Å². The number of carbonyl (C=O) groups excluding carboxylic acids is 2. The third-order valence-corrected chi connectivity index (χ3v) is 4.72. The van der Waals surface area contributed by atoms with Crippen LogP contribution in [0.15, 0.2) is 54.6 Å². The maximum atomic E-state index is 13.1.